The summed E-state index contributed by atoms with van der Waals surface area (Å²) in [7, 11) is 0. The van der Waals surface area contributed by atoms with Crippen LogP contribution in [0.4, 0.5) is 0 Å². The van der Waals surface area contributed by atoms with E-state index in [9.17, 15) is 4.79 Å². The third-order valence-electron chi connectivity index (χ3n) is 3.39. The topological polar surface area (TPSA) is 55.1 Å². The van der Waals surface area contributed by atoms with Gasteiger partial charge in [-0.15, -0.1) is 12.4 Å². The van der Waals surface area contributed by atoms with Crippen LogP contribution >= 0.6 is 24.0 Å². The molecule has 0 aliphatic rings. The quantitative estimate of drug-likeness (QED) is 0.837. The second-order valence-corrected chi connectivity index (χ2v) is 6.78. The van der Waals surface area contributed by atoms with Crippen molar-refractivity contribution in [3.05, 3.63) is 34.9 Å². The number of rotatable bonds is 6. The highest BCUT2D eigenvalue weighted by Gasteiger charge is 2.23. The first kappa shape index (κ1) is 20.2. The molecule has 3 nitrogen and oxygen atoms in total. The molecule has 0 aliphatic carbocycles. The van der Waals surface area contributed by atoms with Gasteiger partial charge >= 0.3 is 0 Å². The monoisotopic (exact) mass is 332 g/mol. The molecule has 0 saturated heterocycles. The molecule has 1 amide bonds. The van der Waals surface area contributed by atoms with Crippen LogP contribution in [-0.2, 0) is 10.2 Å². The predicted molar refractivity (Wildman–Crippen MR) is 92.2 cm³/mol. The minimum Gasteiger partial charge on any atom is -0.354 e. The lowest BCUT2D eigenvalue weighted by molar-refractivity contribution is -0.122. The van der Waals surface area contributed by atoms with E-state index in [1.807, 2.05) is 24.3 Å². The molecular weight excluding hydrogens is 307 g/mol. The molecule has 5 heteroatoms. The van der Waals surface area contributed by atoms with Crippen molar-refractivity contribution in [2.75, 3.05) is 6.54 Å². The van der Waals surface area contributed by atoms with Crippen LogP contribution in [0.5, 0.6) is 0 Å². The second-order valence-electron chi connectivity index (χ2n) is 6.34. The Bertz CT molecular complexity index is 444. The fourth-order valence-corrected chi connectivity index (χ4v) is 2.18. The van der Waals surface area contributed by atoms with E-state index >= 15 is 0 Å². The Morgan fingerprint density at radius 1 is 1.29 bits per heavy atom. The summed E-state index contributed by atoms with van der Waals surface area (Å²) >= 11 is 5.89. The largest absolute Gasteiger partial charge is 0.354 e. The predicted octanol–water partition coefficient (Wildman–Crippen LogP) is 3.53. The zero-order chi connectivity index (χ0) is 15.3. The molecule has 0 saturated carbocycles. The molecule has 3 N–H and O–H groups in total. The molecule has 21 heavy (non-hydrogen) atoms. The first-order valence-electron chi connectivity index (χ1n) is 7.01. The zero-order valence-electron chi connectivity index (χ0n) is 13.2. The number of halogens is 2. The van der Waals surface area contributed by atoms with Gasteiger partial charge in [-0.05, 0) is 30.0 Å². The number of nitrogens with two attached hydrogens (primary N) is 1. The Balaban J connectivity index is 0.00000400. The molecular formula is C16H26Cl2N2O. The molecule has 0 radical (unpaired) electrons. The normalized spacial score (nSPS) is 12.7. The highest BCUT2D eigenvalue weighted by atomic mass is 35.5. The van der Waals surface area contributed by atoms with Crippen molar-refractivity contribution in [1.82, 2.24) is 5.32 Å². The highest BCUT2D eigenvalue weighted by molar-refractivity contribution is 6.30. The fourth-order valence-electron chi connectivity index (χ4n) is 2.06. The van der Waals surface area contributed by atoms with E-state index in [-0.39, 0.29) is 23.7 Å². The van der Waals surface area contributed by atoms with Crippen molar-refractivity contribution >= 4 is 29.9 Å². The number of hydrogen-bond donors (Lipinski definition) is 2. The maximum Gasteiger partial charge on any atom is 0.236 e. The van der Waals surface area contributed by atoms with E-state index in [2.05, 4.69) is 33.0 Å². The van der Waals surface area contributed by atoms with Crippen LogP contribution in [0.15, 0.2) is 24.3 Å². The highest BCUT2D eigenvalue weighted by Crippen LogP contribution is 2.23. The van der Waals surface area contributed by atoms with Gasteiger partial charge in [-0.2, -0.15) is 0 Å². The second kappa shape index (κ2) is 8.62. The van der Waals surface area contributed by atoms with Gasteiger partial charge in [0.25, 0.3) is 0 Å². The van der Waals surface area contributed by atoms with Crippen molar-refractivity contribution in [1.29, 1.82) is 0 Å². The maximum atomic E-state index is 12.0. The maximum absolute atomic E-state index is 12.0. The van der Waals surface area contributed by atoms with E-state index in [1.54, 1.807) is 0 Å². The molecule has 0 bridgehead atoms. The van der Waals surface area contributed by atoms with Crippen molar-refractivity contribution in [2.45, 2.75) is 45.6 Å². The number of carbonyl (C=O) groups is 1. The first-order chi connectivity index (χ1) is 9.22. The minimum absolute atomic E-state index is 0. The molecule has 1 aromatic rings. The summed E-state index contributed by atoms with van der Waals surface area (Å²) in [6.07, 6.45) is 0.702. The molecule has 0 heterocycles. The molecule has 0 aliphatic heterocycles. The summed E-state index contributed by atoms with van der Waals surface area (Å²) in [5.74, 6) is 0.334. The zero-order valence-corrected chi connectivity index (χ0v) is 14.7. The molecule has 120 valence electrons. The Hall–Kier alpha value is -0.770. The van der Waals surface area contributed by atoms with Gasteiger partial charge in [0.2, 0.25) is 5.91 Å². The van der Waals surface area contributed by atoms with Crippen LogP contribution in [0.25, 0.3) is 0 Å². The summed E-state index contributed by atoms with van der Waals surface area (Å²) in [6, 6.07) is 7.28. The third-order valence-corrected chi connectivity index (χ3v) is 3.64. The van der Waals surface area contributed by atoms with Crippen LogP contribution in [0.2, 0.25) is 5.02 Å². The Labute approximate surface area is 139 Å². The van der Waals surface area contributed by atoms with Crippen molar-refractivity contribution in [2.24, 2.45) is 11.7 Å². The number of amides is 1. The molecule has 0 fully saturated rings. The smallest absolute Gasteiger partial charge is 0.236 e. The van der Waals surface area contributed by atoms with Crippen LogP contribution in [0.3, 0.4) is 0 Å². The Morgan fingerprint density at radius 3 is 2.29 bits per heavy atom. The Morgan fingerprint density at radius 2 is 1.81 bits per heavy atom. The van der Waals surface area contributed by atoms with Gasteiger partial charge in [-0.1, -0.05) is 51.4 Å². The summed E-state index contributed by atoms with van der Waals surface area (Å²) < 4.78 is 0. The van der Waals surface area contributed by atoms with Crippen molar-refractivity contribution in [3.63, 3.8) is 0 Å². The van der Waals surface area contributed by atoms with Crippen LogP contribution < -0.4 is 11.1 Å². The van der Waals surface area contributed by atoms with Gasteiger partial charge in [0.05, 0.1) is 6.04 Å². The van der Waals surface area contributed by atoms with Gasteiger partial charge in [0.1, 0.15) is 0 Å². The van der Waals surface area contributed by atoms with Crippen LogP contribution in [0, 0.1) is 5.92 Å². The van der Waals surface area contributed by atoms with Crippen LogP contribution in [-0.4, -0.2) is 18.5 Å². The van der Waals surface area contributed by atoms with Crippen molar-refractivity contribution < 1.29 is 4.79 Å². The van der Waals surface area contributed by atoms with Gasteiger partial charge < -0.3 is 11.1 Å². The van der Waals surface area contributed by atoms with Gasteiger partial charge in [0, 0.05) is 17.0 Å². The Kier molecular flexibility index (Phi) is 8.30. The van der Waals surface area contributed by atoms with Crippen molar-refractivity contribution in [3.8, 4) is 0 Å². The third kappa shape index (κ3) is 6.68. The molecule has 1 rings (SSSR count). The van der Waals surface area contributed by atoms with Gasteiger partial charge in [0.15, 0.2) is 0 Å². The molecule has 0 spiro atoms. The average molecular weight is 333 g/mol. The standard InChI is InChI=1S/C16H25ClN2O.ClH/c1-11(2)9-14(18)15(20)19-10-16(3,4)12-5-7-13(17)8-6-12;/h5-8,11,14H,9-10,18H2,1-4H3,(H,19,20);1H/t14-;/m0./s1. The van der Waals surface area contributed by atoms with Crippen LogP contribution in [0.1, 0.15) is 39.7 Å². The number of hydrogen-bond acceptors (Lipinski definition) is 2. The molecule has 1 aromatic carbocycles. The lowest BCUT2D eigenvalue weighted by Gasteiger charge is -2.26. The lowest BCUT2D eigenvalue weighted by atomic mass is 9.84. The van der Waals surface area contributed by atoms with Gasteiger partial charge in [-0.25, -0.2) is 0 Å². The molecule has 0 unspecified atom stereocenters. The summed E-state index contributed by atoms with van der Waals surface area (Å²) in [4.78, 5) is 12.0. The van der Waals surface area contributed by atoms with E-state index in [0.717, 1.165) is 5.56 Å². The fraction of sp³-hybridized carbons (Fsp3) is 0.562. The number of benzene rings is 1. The van der Waals surface area contributed by atoms with E-state index < -0.39 is 6.04 Å². The number of nitrogens with one attached hydrogen (secondary N) is 1. The summed E-state index contributed by atoms with van der Waals surface area (Å²) in [5.41, 5.74) is 6.86. The lowest BCUT2D eigenvalue weighted by Crippen LogP contribution is -2.45. The van der Waals surface area contributed by atoms with Gasteiger partial charge in [-0.3, -0.25) is 4.79 Å². The number of carbonyl (C=O) groups excluding carboxylic acids is 1. The van der Waals surface area contributed by atoms with E-state index in [4.69, 9.17) is 17.3 Å². The first-order valence-corrected chi connectivity index (χ1v) is 7.39. The molecule has 1 atom stereocenters. The summed E-state index contributed by atoms with van der Waals surface area (Å²) in [6.45, 7) is 8.85. The van der Waals surface area contributed by atoms with E-state index in [0.29, 0.717) is 23.9 Å². The average Bonchev–Trinajstić information content (AvgIpc) is 2.35. The van der Waals surface area contributed by atoms with E-state index in [1.165, 1.54) is 0 Å². The molecule has 0 aromatic heterocycles. The summed E-state index contributed by atoms with van der Waals surface area (Å²) in [5, 5.41) is 3.66. The SMILES string of the molecule is CC(C)C[C@H](N)C(=O)NCC(C)(C)c1ccc(Cl)cc1.Cl. The minimum atomic E-state index is -0.434.